The van der Waals surface area contributed by atoms with E-state index in [9.17, 15) is 14.4 Å². The van der Waals surface area contributed by atoms with Gasteiger partial charge in [-0.3, -0.25) is 14.4 Å². The van der Waals surface area contributed by atoms with Crippen LogP contribution in [-0.4, -0.2) is 29.9 Å². The van der Waals surface area contributed by atoms with Crippen LogP contribution in [0, 0.1) is 12.8 Å². The summed E-state index contributed by atoms with van der Waals surface area (Å²) in [5, 5.41) is 0. The van der Waals surface area contributed by atoms with Crippen molar-refractivity contribution in [3.63, 3.8) is 0 Å². The summed E-state index contributed by atoms with van der Waals surface area (Å²) in [7, 11) is 0. The molecular formula is C14H14O4S. The first-order valence-corrected chi connectivity index (χ1v) is 6.92. The Morgan fingerprint density at radius 2 is 2.16 bits per heavy atom. The van der Waals surface area contributed by atoms with Crippen molar-refractivity contribution >= 4 is 29.3 Å². The molecule has 1 atom stereocenters. The second-order valence-corrected chi connectivity index (χ2v) is 5.46. The first kappa shape index (κ1) is 13.8. The molecule has 1 unspecified atom stereocenters. The molecule has 4 nitrogen and oxygen atoms in total. The summed E-state index contributed by atoms with van der Waals surface area (Å²) >= 11 is 1.51. The summed E-state index contributed by atoms with van der Waals surface area (Å²) in [6.07, 6.45) is 0. The Kier molecular flexibility index (Phi) is 4.04. The first-order valence-electron chi connectivity index (χ1n) is 5.93. The predicted octanol–water partition coefficient (Wildman–Crippen LogP) is 2.03. The zero-order valence-electron chi connectivity index (χ0n) is 10.8. The maximum atomic E-state index is 12.3. The highest BCUT2D eigenvalue weighted by Gasteiger charge is 2.33. The molecule has 0 aliphatic carbocycles. The SMILES string of the molecule is CC(=O)OCC(=O)C1CSc2c(C)cccc2C1=O. The minimum Gasteiger partial charge on any atom is -0.458 e. The zero-order valence-corrected chi connectivity index (χ0v) is 11.6. The molecule has 5 heteroatoms. The van der Waals surface area contributed by atoms with Gasteiger partial charge in [-0.05, 0) is 12.5 Å². The molecule has 2 rings (SSSR count). The molecule has 1 aliphatic heterocycles. The van der Waals surface area contributed by atoms with Crippen molar-refractivity contribution in [3.8, 4) is 0 Å². The molecular weight excluding hydrogens is 264 g/mol. The lowest BCUT2D eigenvalue weighted by Crippen LogP contribution is -2.33. The smallest absolute Gasteiger partial charge is 0.303 e. The molecule has 19 heavy (non-hydrogen) atoms. The van der Waals surface area contributed by atoms with Gasteiger partial charge in [0.25, 0.3) is 0 Å². The third-order valence-corrected chi connectivity index (χ3v) is 4.33. The Hall–Kier alpha value is -1.62. The molecule has 0 radical (unpaired) electrons. The summed E-state index contributed by atoms with van der Waals surface area (Å²) < 4.78 is 4.67. The lowest BCUT2D eigenvalue weighted by Gasteiger charge is -2.22. The van der Waals surface area contributed by atoms with Crippen molar-refractivity contribution in [2.45, 2.75) is 18.7 Å². The Labute approximate surface area is 115 Å². The van der Waals surface area contributed by atoms with E-state index in [1.54, 1.807) is 6.07 Å². The Morgan fingerprint density at radius 3 is 2.84 bits per heavy atom. The van der Waals surface area contributed by atoms with E-state index >= 15 is 0 Å². The Balaban J connectivity index is 2.17. The number of thioether (sulfide) groups is 1. The number of Topliss-reactive ketones (excluding diaryl/α,β-unsaturated/α-hetero) is 2. The summed E-state index contributed by atoms with van der Waals surface area (Å²) in [4.78, 5) is 35.8. The van der Waals surface area contributed by atoms with Crippen LogP contribution in [0.1, 0.15) is 22.8 Å². The highest BCUT2D eigenvalue weighted by molar-refractivity contribution is 7.99. The van der Waals surface area contributed by atoms with Crippen LogP contribution in [-0.2, 0) is 14.3 Å². The van der Waals surface area contributed by atoms with Gasteiger partial charge in [0.05, 0.1) is 5.92 Å². The lowest BCUT2D eigenvalue weighted by molar-refractivity contribution is -0.146. The van der Waals surface area contributed by atoms with Crippen molar-refractivity contribution in [2.75, 3.05) is 12.4 Å². The molecule has 0 bridgehead atoms. The van der Waals surface area contributed by atoms with Gasteiger partial charge in [0.15, 0.2) is 18.2 Å². The average molecular weight is 278 g/mol. The Morgan fingerprint density at radius 1 is 1.42 bits per heavy atom. The van der Waals surface area contributed by atoms with Crippen LogP contribution in [0.25, 0.3) is 0 Å². The van der Waals surface area contributed by atoms with Crippen molar-refractivity contribution in [1.82, 2.24) is 0 Å². The summed E-state index contributed by atoms with van der Waals surface area (Å²) in [5.41, 5.74) is 1.64. The molecule has 1 aromatic rings. The van der Waals surface area contributed by atoms with Gasteiger partial charge in [-0.15, -0.1) is 11.8 Å². The molecule has 100 valence electrons. The van der Waals surface area contributed by atoms with Gasteiger partial charge in [-0.25, -0.2) is 0 Å². The number of carbonyl (C=O) groups excluding carboxylic acids is 3. The number of rotatable bonds is 3. The summed E-state index contributed by atoms with van der Waals surface area (Å²) in [6, 6.07) is 5.49. The van der Waals surface area contributed by atoms with E-state index in [1.807, 2.05) is 19.1 Å². The van der Waals surface area contributed by atoms with Gasteiger partial charge in [0.1, 0.15) is 0 Å². The molecule has 1 aromatic carbocycles. The van der Waals surface area contributed by atoms with Gasteiger partial charge in [-0.2, -0.15) is 0 Å². The third kappa shape index (κ3) is 2.87. The van der Waals surface area contributed by atoms with E-state index in [0.717, 1.165) is 10.5 Å². The number of aryl methyl sites for hydroxylation is 1. The molecule has 1 aliphatic rings. The number of ether oxygens (including phenoxy) is 1. The fraction of sp³-hybridized carbons (Fsp3) is 0.357. The molecule has 0 saturated heterocycles. The van der Waals surface area contributed by atoms with Gasteiger partial charge < -0.3 is 4.74 Å². The van der Waals surface area contributed by atoms with Gasteiger partial charge in [0.2, 0.25) is 0 Å². The van der Waals surface area contributed by atoms with Crippen molar-refractivity contribution in [2.24, 2.45) is 5.92 Å². The second-order valence-electron chi connectivity index (χ2n) is 4.43. The van der Waals surface area contributed by atoms with E-state index in [0.29, 0.717) is 11.3 Å². The van der Waals surface area contributed by atoms with E-state index in [1.165, 1.54) is 18.7 Å². The zero-order chi connectivity index (χ0) is 14.0. The quantitative estimate of drug-likeness (QED) is 0.625. The number of esters is 1. The van der Waals surface area contributed by atoms with E-state index in [2.05, 4.69) is 4.74 Å². The van der Waals surface area contributed by atoms with Crippen LogP contribution in [0.3, 0.4) is 0 Å². The van der Waals surface area contributed by atoms with E-state index < -0.39 is 11.9 Å². The van der Waals surface area contributed by atoms with Gasteiger partial charge in [-0.1, -0.05) is 18.2 Å². The van der Waals surface area contributed by atoms with Crippen molar-refractivity contribution < 1.29 is 19.1 Å². The fourth-order valence-corrected chi connectivity index (χ4v) is 3.27. The number of carbonyl (C=O) groups is 3. The number of fused-ring (bicyclic) bond motifs is 1. The van der Waals surface area contributed by atoms with Crippen LogP contribution >= 0.6 is 11.8 Å². The molecule has 0 amide bonds. The van der Waals surface area contributed by atoms with Crippen LogP contribution < -0.4 is 0 Å². The number of hydrogen-bond donors (Lipinski definition) is 0. The second kappa shape index (κ2) is 5.57. The number of benzene rings is 1. The number of hydrogen-bond acceptors (Lipinski definition) is 5. The third-order valence-electron chi connectivity index (χ3n) is 2.99. The monoisotopic (exact) mass is 278 g/mol. The molecule has 1 heterocycles. The molecule has 0 N–H and O–H groups in total. The normalized spacial score (nSPS) is 17.8. The van der Waals surface area contributed by atoms with Crippen molar-refractivity contribution in [1.29, 1.82) is 0 Å². The highest BCUT2D eigenvalue weighted by atomic mass is 32.2. The largest absolute Gasteiger partial charge is 0.458 e. The highest BCUT2D eigenvalue weighted by Crippen LogP contribution is 2.35. The van der Waals surface area contributed by atoms with Crippen LogP contribution in [0.5, 0.6) is 0 Å². The molecule has 0 fully saturated rings. The van der Waals surface area contributed by atoms with Crippen LogP contribution in [0.2, 0.25) is 0 Å². The Bertz CT molecular complexity index is 550. The van der Waals surface area contributed by atoms with Gasteiger partial charge in [0, 0.05) is 23.1 Å². The molecule has 0 spiro atoms. The standard InChI is InChI=1S/C14H14O4S/c1-8-4-3-5-10-13(17)11(7-19-14(8)10)12(16)6-18-9(2)15/h3-5,11H,6-7H2,1-2H3. The number of ketones is 2. The molecule has 0 saturated carbocycles. The lowest BCUT2D eigenvalue weighted by atomic mass is 9.94. The first-order chi connectivity index (χ1) is 9.00. The summed E-state index contributed by atoms with van der Waals surface area (Å²) in [6.45, 7) is 2.86. The predicted molar refractivity (Wildman–Crippen MR) is 71.4 cm³/mol. The van der Waals surface area contributed by atoms with Crippen LogP contribution in [0.15, 0.2) is 23.1 Å². The van der Waals surface area contributed by atoms with Gasteiger partial charge >= 0.3 is 5.97 Å². The maximum Gasteiger partial charge on any atom is 0.303 e. The van der Waals surface area contributed by atoms with E-state index in [-0.39, 0.29) is 18.2 Å². The average Bonchev–Trinajstić information content (AvgIpc) is 2.37. The maximum absolute atomic E-state index is 12.3. The summed E-state index contributed by atoms with van der Waals surface area (Å²) in [5.74, 6) is -1.31. The van der Waals surface area contributed by atoms with E-state index in [4.69, 9.17) is 0 Å². The van der Waals surface area contributed by atoms with Crippen molar-refractivity contribution in [3.05, 3.63) is 29.3 Å². The fourth-order valence-electron chi connectivity index (χ4n) is 1.98. The topological polar surface area (TPSA) is 60.4 Å². The molecule has 0 aromatic heterocycles. The van der Waals surface area contributed by atoms with Crippen LogP contribution in [0.4, 0.5) is 0 Å². The minimum atomic E-state index is -0.710. The minimum absolute atomic E-state index is 0.172.